The van der Waals surface area contributed by atoms with E-state index in [1.165, 1.54) is 7.11 Å². The second-order valence-electron chi connectivity index (χ2n) is 4.05. The standard InChI is InChI=1S/C11H18FN3O2/c1-8(9-5-13-15(3)6-9)14(2)7-10(12)11(16)17-4/h5-6,8,10H,7H2,1-4H3/t8-,10-/m1/s1. The lowest BCUT2D eigenvalue weighted by atomic mass is 10.1. The summed E-state index contributed by atoms with van der Waals surface area (Å²) in [6.45, 7) is 1.93. The highest BCUT2D eigenvalue weighted by Gasteiger charge is 2.23. The summed E-state index contributed by atoms with van der Waals surface area (Å²) in [5.41, 5.74) is 0.979. The fourth-order valence-corrected chi connectivity index (χ4v) is 1.52. The van der Waals surface area contributed by atoms with Crippen LogP contribution in [0.2, 0.25) is 0 Å². The van der Waals surface area contributed by atoms with Crippen molar-refractivity contribution in [3.05, 3.63) is 18.0 Å². The molecule has 6 heteroatoms. The number of aromatic nitrogens is 2. The molecule has 2 atom stereocenters. The lowest BCUT2D eigenvalue weighted by molar-refractivity contribution is -0.147. The number of rotatable bonds is 5. The SMILES string of the molecule is COC(=O)[C@H](F)CN(C)[C@H](C)c1cnn(C)c1. The molecule has 1 aromatic rings. The highest BCUT2D eigenvalue weighted by Crippen LogP contribution is 2.18. The quantitative estimate of drug-likeness (QED) is 0.722. The molecule has 0 unspecified atom stereocenters. The minimum atomic E-state index is -1.62. The van der Waals surface area contributed by atoms with E-state index in [1.54, 1.807) is 22.8 Å². The van der Waals surface area contributed by atoms with Crippen LogP contribution in [0.15, 0.2) is 12.4 Å². The molecule has 0 bridgehead atoms. The van der Waals surface area contributed by atoms with Crippen molar-refractivity contribution in [2.24, 2.45) is 7.05 Å². The van der Waals surface area contributed by atoms with Gasteiger partial charge in [-0.1, -0.05) is 0 Å². The predicted molar refractivity (Wildman–Crippen MR) is 61.2 cm³/mol. The Labute approximate surface area is 100 Å². The Morgan fingerprint density at radius 1 is 1.71 bits per heavy atom. The van der Waals surface area contributed by atoms with Gasteiger partial charge in [-0.25, -0.2) is 9.18 Å². The maximum atomic E-state index is 13.4. The molecule has 0 aliphatic heterocycles. The van der Waals surface area contributed by atoms with Crippen LogP contribution in [0, 0.1) is 0 Å². The van der Waals surface area contributed by atoms with Gasteiger partial charge in [-0.15, -0.1) is 0 Å². The third-order valence-electron chi connectivity index (χ3n) is 2.77. The van der Waals surface area contributed by atoms with Crippen LogP contribution in [-0.2, 0) is 16.6 Å². The van der Waals surface area contributed by atoms with E-state index in [4.69, 9.17) is 0 Å². The van der Waals surface area contributed by atoms with Crippen LogP contribution in [0.5, 0.6) is 0 Å². The van der Waals surface area contributed by atoms with E-state index in [0.717, 1.165) is 5.56 Å². The Hall–Kier alpha value is -1.43. The summed E-state index contributed by atoms with van der Waals surface area (Å²) < 4.78 is 19.4. The van der Waals surface area contributed by atoms with Crippen LogP contribution in [0.1, 0.15) is 18.5 Å². The van der Waals surface area contributed by atoms with Gasteiger partial charge in [0.15, 0.2) is 0 Å². The molecule has 96 valence electrons. The number of carbonyl (C=O) groups is 1. The molecule has 0 fully saturated rings. The second kappa shape index (κ2) is 5.77. The van der Waals surface area contributed by atoms with Crippen LogP contribution < -0.4 is 0 Å². The third-order valence-corrected chi connectivity index (χ3v) is 2.77. The van der Waals surface area contributed by atoms with Crippen LogP contribution in [-0.4, -0.2) is 47.5 Å². The molecule has 0 radical (unpaired) electrons. The summed E-state index contributed by atoms with van der Waals surface area (Å²) in [4.78, 5) is 12.7. The largest absolute Gasteiger partial charge is 0.467 e. The van der Waals surface area contributed by atoms with Crippen molar-refractivity contribution in [2.45, 2.75) is 19.1 Å². The monoisotopic (exact) mass is 243 g/mol. The average molecular weight is 243 g/mol. The van der Waals surface area contributed by atoms with Gasteiger partial charge >= 0.3 is 5.97 Å². The fourth-order valence-electron chi connectivity index (χ4n) is 1.52. The first-order valence-corrected chi connectivity index (χ1v) is 5.36. The minimum Gasteiger partial charge on any atom is -0.467 e. The fraction of sp³-hybridized carbons (Fsp3) is 0.636. The van der Waals surface area contributed by atoms with Gasteiger partial charge in [0.25, 0.3) is 0 Å². The maximum Gasteiger partial charge on any atom is 0.341 e. The van der Waals surface area contributed by atoms with E-state index in [2.05, 4.69) is 9.84 Å². The zero-order chi connectivity index (χ0) is 13.0. The number of ether oxygens (including phenoxy) is 1. The van der Waals surface area contributed by atoms with Crippen molar-refractivity contribution in [3.63, 3.8) is 0 Å². The smallest absolute Gasteiger partial charge is 0.341 e. The molecule has 1 rings (SSSR count). The summed E-state index contributed by atoms with van der Waals surface area (Å²) >= 11 is 0. The Morgan fingerprint density at radius 2 is 2.35 bits per heavy atom. The Kier molecular flexibility index (Phi) is 4.62. The van der Waals surface area contributed by atoms with Gasteiger partial charge in [-0.05, 0) is 14.0 Å². The number of aryl methyl sites for hydroxylation is 1. The molecule has 17 heavy (non-hydrogen) atoms. The molecular formula is C11H18FN3O2. The van der Waals surface area contributed by atoms with Crippen LogP contribution in [0.25, 0.3) is 0 Å². The molecule has 0 spiro atoms. The van der Waals surface area contributed by atoms with E-state index in [0.29, 0.717) is 0 Å². The van der Waals surface area contributed by atoms with Crippen molar-refractivity contribution in [1.82, 2.24) is 14.7 Å². The molecule has 0 N–H and O–H groups in total. The first-order valence-electron chi connectivity index (χ1n) is 5.36. The van der Waals surface area contributed by atoms with Crippen molar-refractivity contribution in [3.8, 4) is 0 Å². The number of methoxy groups -OCH3 is 1. The Balaban J connectivity index is 2.58. The molecule has 1 aromatic heterocycles. The molecule has 0 aromatic carbocycles. The van der Waals surface area contributed by atoms with Crippen molar-refractivity contribution >= 4 is 5.97 Å². The molecule has 0 amide bonds. The minimum absolute atomic E-state index is 0.00271. The Bertz CT molecular complexity index is 381. The first kappa shape index (κ1) is 13.6. The lowest BCUT2D eigenvalue weighted by Crippen LogP contribution is -2.34. The topological polar surface area (TPSA) is 47.4 Å². The zero-order valence-electron chi connectivity index (χ0n) is 10.6. The molecule has 0 aliphatic rings. The summed E-state index contributed by atoms with van der Waals surface area (Å²) in [5.74, 6) is -0.838. The van der Waals surface area contributed by atoms with Gasteiger partial charge in [0.2, 0.25) is 6.17 Å². The number of hydrogen-bond donors (Lipinski definition) is 0. The molecular weight excluding hydrogens is 225 g/mol. The third kappa shape index (κ3) is 3.52. The number of alkyl halides is 1. The van der Waals surface area contributed by atoms with E-state index >= 15 is 0 Å². The van der Waals surface area contributed by atoms with Crippen molar-refractivity contribution < 1.29 is 13.9 Å². The van der Waals surface area contributed by atoms with Gasteiger partial charge in [-0.3, -0.25) is 9.58 Å². The van der Waals surface area contributed by atoms with Crippen LogP contribution in [0.3, 0.4) is 0 Å². The van der Waals surface area contributed by atoms with E-state index in [9.17, 15) is 9.18 Å². The molecule has 0 aliphatic carbocycles. The second-order valence-corrected chi connectivity index (χ2v) is 4.05. The molecule has 0 saturated carbocycles. The van der Waals surface area contributed by atoms with Gasteiger partial charge in [0.05, 0.1) is 13.3 Å². The normalized spacial score (nSPS) is 14.7. The summed E-state index contributed by atoms with van der Waals surface area (Å²) in [6.07, 6.45) is 1.98. The van der Waals surface area contributed by atoms with Gasteiger partial charge < -0.3 is 4.74 Å². The lowest BCUT2D eigenvalue weighted by Gasteiger charge is -2.24. The van der Waals surface area contributed by atoms with E-state index in [1.807, 2.05) is 20.2 Å². The number of halogens is 1. The van der Waals surface area contributed by atoms with Crippen LogP contribution in [0.4, 0.5) is 4.39 Å². The highest BCUT2D eigenvalue weighted by atomic mass is 19.1. The van der Waals surface area contributed by atoms with Gasteiger partial charge in [-0.2, -0.15) is 5.10 Å². The summed E-state index contributed by atoms with van der Waals surface area (Å²) in [6, 6.07) is -0.00777. The molecule has 0 saturated heterocycles. The molecule has 5 nitrogen and oxygen atoms in total. The number of esters is 1. The highest BCUT2D eigenvalue weighted by molar-refractivity contribution is 5.74. The maximum absolute atomic E-state index is 13.4. The summed E-state index contributed by atoms with van der Waals surface area (Å²) in [7, 11) is 4.76. The average Bonchev–Trinajstić information content (AvgIpc) is 2.73. The summed E-state index contributed by atoms with van der Waals surface area (Å²) in [5, 5.41) is 4.06. The Morgan fingerprint density at radius 3 is 2.82 bits per heavy atom. The van der Waals surface area contributed by atoms with Gasteiger partial charge in [0, 0.05) is 31.4 Å². The van der Waals surface area contributed by atoms with Crippen LogP contribution >= 0.6 is 0 Å². The van der Waals surface area contributed by atoms with Crippen molar-refractivity contribution in [1.29, 1.82) is 0 Å². The van der Waals surface area contributed by atoms with Gasteiger partial charge in [0.1, 0.15) is 0 Å². The van der Waals surface area contributed by atoms with Crippen molar-refractivity contribution in [2.75, 3.05) is 20.7 Å². The predicted octanol–water partition coefficient (Wildman–Crippen LogP) is 0.924. The molecule has 1 heterocycles. The van der Waals surface area contributed by atoms with E-state index < -0.39 is 12.1 Å². The zero-order valence-corrected chi connectivity index (χ0v) is 10.6. The first-order chi connectivity index (χ1) is 7.95. The number of nitrogens with zero attached hydrogens (tertiary/aromatic N) is 3. The number of hydrogen-bond acceptors (Lipinski definition) is 4. The van der Waals surface area contributed by atoms with E-state index in [-0.39, 0.29) is 12.6 Å². The number of carbonyl (C=O) groups excluding carboxylic acids is 1.